The molecule has 1 aliphatic rings. The summed E-state index contributed by atoms with van der Waals surface area (Å²) in [5.74, 6) is -0.246. The highest BCUT2D eigenvalue weighted by Gasteiger charge is 2.47. The Labute approximate surface area is 242 Å². The summed E-state index contributed by atoms with van der Waals surface area (Å²) in [5.41, 5.74) is 2.24. The number of esters is 2. The SMILES string of the molecule is COC(=O)/C1=C\COC(=O)/C=C(O[Si](C(C)C)(C(C)C)C(C)C)\C=C\[C@@](C)(COCc2ccccc2)[C@@H](C)CC1. The van der Waals surface area contributed by atoms with Gasteiger partial charge in [0.1, 0.15) is 12.4 Å². The third-order valence-electron chi connectivity index (χ3n) is 8.39. The van der Waals surface area contributed by atoms with E-state index in [1.54, 1.807) is 6.08 Å². The van der Waals surface area contributed by atoms with Gasteiger partial charge < -0.3 is 18.6 Å². The minimum atomic E-state index is -2.34. The zero-order valence-electron chi connectivity index (χ0n) is 26.0. The molecule has 1 aromatic carbocycles. The van der Waals surface area contributed by atoms with Crippen LogP contribution in [0.5, 0.6) is 0 Å². The Balaban J connectivity index is 2.51. The molecule has 0 unspecified atom stereocenters. The highest BCUT2D eigenvalue weighted by molar-refractivity contribution is 6.77. The van der Waals surface area contributed by atoms with E-state index in [9.17, 15) is 9.59 Å². The maximum Gasteiger partial charge on any atom is 0.334 e. The molecule has 0 spiro atoms. The summed E-state index contributed by atoms with van der Waals surface area (Å²) < 4.78 is 23.6. The number of carbonyl (C=O) groups excluding carboxylic acids is 2. The lowest BCUT2D eigenvalue weighted by Gasteiger charge is -2.42. The molecule has 2 atom stereocenters. The van der Waals surface area contributed by atoms with Gasteiger partial charge in [0, 0.05) is 11.0 Å². The molecular weight excluding hydrogens is 520 g/mol. The molecule has 1 heterocycles. The number of cyclic esters (lactones) is 1. The summed E-state index contributed by atoms with van der Waals surface area (Å²) in [4.78, 5) is 25.4. The number of allylic oxidation sites excluding steroid dienone is 1. The maximum atomic E-state index is 12.9. The lowest BCUT2D eigenvalue weighted by molar-refractivity contribution is -0.138. The van der Waals surface area contributed by atoms with Crippen molar-refractivity contribution >= 4 is 20.3 Å². The van der Waals surface area contributed by atoms with Crippen molar-refractivity contribution in [3.05, 3.63) is 71.5 Å². The van der Waals surface area contributed by atoms with Gasteiger partial charge in [0.15, 0.2) is 0 Å². The number of rotatable bonds is 10. The third kappa shape index (κ3) is 8.93. The fraction of sp³-hybridized carbons (Fsp3) is 0.576. The first-order valence-corrected chi connectivity index (χ1v) is 16.7. The minimum Gasteiger partial charge on any atom is -0.543 e. The molecule has 0 aromatic heterocycles. The van der Waals surface area contributed by atoms with Crippen LogP contribution < -0.4 is 0 Å². The molecule has 7 heteroatoms. The number of benzene rings is 1. The van der Waals surface area contributed by atoms with Crippen LogP contribution in [-0.4, -0.2) is 40.6 Å². The topological polar surface area (TPSA) is 71.1 Å². The zero-order valence-corrected chi connectivity index (χ0v) is 27.0. The maximum absolute atomic E-state index is 12.9. The first-order valence-electron chi connectivity index (χ1n) is 14.5. The molecule has 0 saturated carbocycles. The fourth-order valence-corrected chi connectivity index (χ4v) is 11.0. The van der Waals surface area contributed by atoms with Gasteiger partial charge in [-0.2, -0.15) is 0 Å². The number of hydrogen-bond donors (Lipinski definition) is 0. The van der Waals surface area contributed by atoms with Crippen LogP contribution in [0.3, 0.4) is 0 Å². The Bertz CT molecular complexity index is 1030. The van der Waals surface area contributed by atoms with Gasteiger partial charge in [0.2, 0.25) is 0 Å². The molecule has 0 fully saturated rings. The first-order chi connectivity index (χ1) is 18.9. The van der Waals surface area contributed by atoms with Crippen molar-refractivity contribution in [3.63, 3.8) is 0 Å². The molecule has 6 nitrogen and oxygen atoms in total. The molecule has 0 radical (unpaired) electrons. The smallest absolute Gasteiger partial charge is 0.334 e. The lowest BCUT2D eigenvalue weighted by atomic mass is 9.75. The predicted molar refractivity (Wildman–Crippen MR) is 163 cm³/mol. The molecule has 0 bridgehead atoms. The molecule has 0 N–H and O–H groups in total. The number of methoxy groups -OCH3 is 1. The normalized spacial score (nSPS) is 24.6. The van der Waals surface area contributed by atoms with Gasteiger partial charge in [-0.15, -0.1) is 0 Å². The van der Waals surface area contributed by atoms with Gasteiger partial charge in [-0.3, -0.25) is 0 Å². The van der Waals surface area contributed by atoms with Crippen LogP contribution in [0.15, 0.2) is 66.0 Å². The van der Waals surface area contributed by atoms with Crippen molar-refractivity contribution in [2.24, 2.45) is 11.3 Å². The van der Waals surface area contributed by atoms with Gasteiger partial charge in [-0.05, 0) is 53.1 Å². The van der Waals surface area contributed by atoms with Crippen LogP contribution in [0, 0.1) is 11.3 Å². The minimum absolute atomic E-state index is 0.0102. The highest BCUT2D eigenvalue weighted by Crippen LogP contribution is 2.44. The zero-order chi connectivity index (χ0) is 29.9. The van der Waals surface area contributed by atoms with E-state index in [1.807, 2.05) is 36.4 Å². The Morgan fingerprint density at radius 3 is 2.27 bits per heavy atom. The standard InChI is InChI=1S/C33H50O6Si/c1-24(2)40(25(3)4,26(5)6)39-30-17-19-33(8,23-37-22-28-13-11-10-12-14-28)27(7)15-16-29(32(35)36-9)18-20-38-31(34)21-30/h10-14,17-19,21,24-27H,15-16,20,22-23H2,1-9H3/b19-17+,29-18-,30-21+/t27-,33-/m0/s1. The van der Waals surface area contributed by atoms with E-state index in [0.717, 1.165) is 12.0 Å². The summed E-state index contributed by atoms with van der Waals surface area (Å²) in [5, 5.41) is 0. The Hall–Kier alpha value is -2.64. The van der Waals surface area contributed by atoms with Crippen LogP contribution in [0.2, 0.25) is 16.6 Å². The Morgan fingerprint density at radius 2 is 1.70 bits per heavy atom. The molecule has 40 heavy (non-hydrogen) atoms. The number of hydrogen-bond acceptors (Lipinski definition) is 6. The number of ether oxygens (including phenoxy) is 3. The summed E-state index contributed by atoms with van der Waals surface area (Å²) in [6.45, 7) is 18.6. The molecule has 1 aliphatic heterocycles. The molecular formula is C33H50O6Si. The first kappa shape index (κ1) is 33.6. The van der Waals surface area contributed by atoms with Crippen molar-refractivity contribution < 1.29 is 28.2 Å². The van der Waals surface area contributed by atoms with Crippen molar-refractivity contribution in [2.45, 2.75) is 91.5 Å². The van der Waals surface area contributed by atoms with Crippen LogP contribution in [-0.2, 0) is 34.8 Å². The average molecular weight is 571 g/mol. The summed E-state index contributed by atoms with van der Waals surface area (Å²) in [6.07, 6.45) is 8.38. The summed E-state index contributed by atoms with van der Waals surface area (Å²) in [6, 6.07) is 10.1. The van der Waals surface area contributed by atoms with Crippen molar-refractivity contribution in [1.82, 2.24) is 0 Å². The fourth-order valence-electron chi connectivity index (χ4n) is 5.76. The van der Waals surface area contributed by atoms with Gasteiger partial charge >= 0.3 is 11.9 Å². The second-order valence-electron chi connectivity index (χ2n) is 12.1. The van der Waals surface area contributed by atoms with Crippen molar-refractivity contribution in [3.8, 4) is 0 Å². The van der Waals surface area contributed by atoms with Crippen LogP contribution in [0.25, 0.3) is 0 Å². The Kier molecular flexibility index (Phi) is 12.9. The van der Waals surface area contributed by atoms with Crippen LogP contribution >= 0.6 is 0 Å². The van der Waals surface area contributed by atoms with E-state index in [-0.39, 0.29) is 12.5 Å². The van der Waals surface area contributed by atoms with Crippen molar-refractivity contribution in [2.75, 3.05) is 20.3 Å². The molecule has 222 valence electrons. The largest absolute Gasteiger partial charge is 0.543 e. The Morgan fingerprint density at radius 1 is 1.07 bits per heavy atom. The average Bonchev–Trinajstić information content (AvgIpc) is 2.91. The monoisotopic (exact) mass is 570 g/mol. The molecule has 2 rings (SSSR count). The second-order valence-corrected chi connectivity index (χ2v) is 17.5. The molecule has 0 saturated heterocycles. The highest BCUT2D eigenvalue weighted by atomic mass is 28.4. The molecule has 1 aromatic rings. The summed E-state index contributed by atoms with van der Waals surface area (Å²) >= 11 is 0. The van der Waals surface area contributed by atoms with Crippen LogP contribution in [0.4, 0.5) is 0 Å². The van der Waals surface area contributed by atoms with Crippen LogP contribution in [0.1, 0.15) is 73.8 Å². The quantitative estimate of drug-likeness (QED) is 0.210. The van der Waals surface area contributed by atoms with E-state index >= 15 is 0 Å². The van der Waals surface area contributed by atoms with Gasteiger partial charge in [-0.1, -0.05) is 91.8 Å². The third-order valence-corrected chi connectivity index (χ3v) is 14.4. The summed E-state index contributed by atoms with van der Waals surface area (Å²) in [7, 11) is -0.974. The van der Waals surface area contributed by atoms with Gasteiger partial charge in [0.25, 0.3) is 8.32 Å². The van der Waals surface area contributed by atoms with E-state index < -0.39 is 25.7 Å². The molecule has 0 amide bonds. The van der Waals surface area contributed by atoms with E-state index in [1.165, 1.54) is 13.2 Å². The van der Waals surface area contributed by atoms with E-state index in [2.05, 4.69) is 61.5 Å². The lowest BCUT2D eigenvalue weighted by Crippen LogP contribution is -2.47. The van der Waals surface area contributed by atoms with E-state index in [4.69, 9.17) is 18.6 Å². The number of carbonyl (C=O) groups is 2. The second kappa shape index (κ2) is 15.4. The molecule has 0 aliphatic carbocycles. The van der Waals surface area contributed by atoms with Gasteiger partial charge in [-0.25, -0.2) is 9.59 Å². The predicted octanol–water partition coefficient (Wildman–Crippen LogP) is 7.91. The van der Waals surface area contributed by atoms with Gasteiger partial charge in [0.05, 0.1) is 26.4 Å². The van der Waals surface area contributed by atoms with Crippen molar-refractivity contribution in [1.29, 1.82) is 0 Å². The van der Waals surface area contributed by atoms with E-state index in [0.29, 0.717) is 47.6 Å².